The van der Waals surface area contributed by atoms with Crippen molar-refractivity contribution < 1.29 is 13.9 Å². The third kappa shape index (κ3) is 2.86. The Labute approximate surface area is 81.2 Å². The Morgan fingerprint density at radius 3 is 2.77 bits per heavy atom. The zero-order chi connectivity index (χ0) is 9.68. The fraction of sp³-hybridized carbons (Fsp3) is 0.333. The minimum absolute atomic E-state index is 0.0388. The highest BCUT2D eigenvalue weighted by atomic mass is 35.5. The van der Waals surface area contributed by atoms with Crippen LogP contribution in [0.1, 0.15) is 5.56 Å². The maximum atomic E-state index is 13.1. The van der Waals surface area contributed by atoms with E-state index in [-0.39, 0.29) is 12.5 Å². The van der Waals surface area contributed by atoms with Crippen LogP contribution >= 0.6 is 11.6 Å². The van der Waals surface area contributed by atoms with Crippen LogP contribution in [0.25, 0.3) is 0 Å². The molecule has 0 saturated carbocycles. The summed E-state index contributed by atoms with van der Waals surface area (Å²) in [5.74, 6) is 0.0486. The highest BCUT2D eigenvalue weighted by Gasteiger charge is 2.03. The maximum absolute atomic E-state index is 13.1. The predicted octanol–water partition coefficient (Wildman–Crippen LogP) is 2.55. The van der Waals surface area contributed by atoms with E-state index in [0.29, 0.717) is 5.88 Å². The summed E-state index contributed by atoms with van der Waals surface area (Å²) in [7, 11) is 1.48. The van der Waals surface area contributed by atoms with Crippen molar-refractivity contribution in [2.24, 2.45) is 0 Å². The lowest BCUT2D eigenvalue weighted by Gasteiger charge is -2.06. The molecule has 0 aliphatic carbocycles. The minimum atomic E-state index is -0.421. The zero-order valence-electron chi connectivity index (χ0n) is 7.22. The molecule has 0 aromatic heterocycles. The molecule has 0 aliphatic rings. The number of ether oxygens (including phenoxy) is 2. The lowest BCUT2D eigenvalue weighted by Crippen LogP contribution is -2.00. The largest absolute Gasteiger partial charge is 0.464 e. The first kappa shape index (κ1) is 10.3. The van der Waals surface area contributed by atoms with Crippen molar-refractivity contribution >= 4 is 11.6 Å². The van der Waals surface area contributed by atoms with Gasteiger partial charge in [-0.1, -0.05) is 6.07 Å². The molecule has 72 valence electrons. The fourth-order valence-corrected chi connectivity index (χ4v) is 1.03. The molecule has 1 aromatic carbocycles. The summed E-state index contributed by atoms with van der Waals surface area (Å²) in [6.07, 6.45) is 0. The molecule has 0 bridgehead atoms. The topological polar surface area (TPSA) is 18.5 Å². The van der Waals surface area contributed by atoms with Gasteiger partial charge in [-0.25, -0.2) is 4.39 Å². The average molecular weight is 205 g/mol. The van der Waals surface area contributed by atoms with E-state index in [1.54, 1.807) is 6.07 Å². The second-order valence-corrected chi connectivity index (χ2v) is 2.72. The van der Waals surface area contributed by atoms with Gasteiger partial charge in [0.15, 0.2) is 18.4 Å². The molecule has 0 spiro atoms. The standard InChI is InChI=1S/C9H10ClFO2/c1-12-6-13-9-3-2-7(5-10)4-8(9)11/h2-4H,5-6H2,1H3. The van der Waals surface area contributed by atoms with Gasteiger partial charge in [-0.15, -0.1) is 11.6 Å². The van der Waals surface area contributed by atoms with E-state index in [1.165, 1.54) is 19.2 Å². The van der Waals surface area contributed by atoms with Crippen LogP contribution in [0.15, 0.2) is 18.2 Å². The first-order chi connectivity index (χ1) is 6.27. The molecule has 0 aliphatic heterocycles. The number of alkyl halides is 1. The number of benzene rings is 1. The SMILES string of the molecule is COCOc1ccc(CCl)cc1F. The zero-order valence-corrected chi connectivity index (χ0v) is 7.97. The molecule has 0 fully saturated rings. The molecular weight excluding hydrogens is 195 g/mol. The first-order valence-electron chi connectivity index (χ1n) is 3.74. The van der Waals surface area contributed by atoms with E-state index in [2.05, 4.69) is 4.74 Å². The molecule has 0 N–H and O–H groups in total. The van der Waals surface area contributed by atoms with Gasteiger partial charge < -0.3 is 9.47 Å². The van der Waals surface area contributed by atoms with Crippen LogP contribution in [0, 0.1) is 5.82 Å². The average Bonchev–Trinajstić information content (AvgIpc) is 2.16. The van der Waals surface area contributed by atoms with Crippen molar-refractivity contribution in [3.63, 3.8) is 0 Å². The van der Waals surface area contributed by atoms with E-state index >= 15 is 0 Å². The summed E-state index contributed by atoms with van der Waals surface area (Å²) < 4.78 is 22.7. The Balaban J connectivity index is 2.73. The Hall–Kier alpha value is -0.800. The molecule has 13 heavy (non-hydrogen) atoms. The number of halogens is 2. The van der Waals surface area contributed by atoms with E-state index in [0.717, 1.165) is 5.56 Å². The molecule has 0 radical (unpaired) electrons. The summed E-state index contributed by atoms with van der Waals surface area (Å²) in [5, 5.41) is 0. The van der Waals surface area contributed by atoms with Gasteiger partial charge in [0.25, 0.3) is 0 Å². The van der Waals surface area contributed by atoms with Crippen LogP contribution in [0.3, 0.4) is 0 Å². The van der Waals surface area contributed by atoms with E-state index in [1.807, 2.05) is 0 Å². The van der Waals surface area contributed by atoms with Crippen molar-refractivity contribution in [3.05, 3.63) is 29.6 Å². The van der Waals surface area contributed by atoms with E-state index < -0.39 is 5.82 Å². The molecule has 0 unspecified atom stereocenters. The molecule has 0 amide bonds. The van der Waals surface area contributed by atoms with Crippen LogP contribution in [-0.2, 0) is 10.6 Å². The third-order valence-electron chi connectivity index (χ3n) is 1.48. The third-order valence-corrected chi connectivity index (χ3v) is 1.79. The molecule has 4 heteroatoms. The Morgan fingerprint density at radius 2 is 2.23 bits per heavy atom. The summed E-state index contributed by atoms with van der Waals surface area (Å²) in [6.45, 7) is 0.0388. The number of hydrogen-bond acceptors (Lipinski definition) is 2. The molecule has 1 rings (SSSR count). The van der Waals surface area contributed by atoms with Crippen molar-refractivity contribution in [1.82, 2.24) is 0 Å². The Kier molecular flexibility index (Phi) is 3.99. The maximum Gasteiger partial charge on any atom is 0.188 e. The van der Waals surface area contributed by atoms with Gasteiger partial charge in [-0.05, 0) is 17.7 Å². The van der Waals surface area contributed by atoms with Gasteiger partial charge in [-0.3, -0.25) is 0 Å². The lowest BCUT2D eigenvalue weighted by molar-refractivity contribution is 0.0483. The fourth-order valence-electron chi connectivity index (χ4n) is 0.867. The van der Waals surface area contributed by atoms with Gasteiger partial charge in [0.2, 0.25) is 0 Å². The monoisotopic (exact) mass is 204 g/mol. The van der Waals surface area contributed by atoms with Gasteiger partial charge in [-0.2, -0.15) is 0 Å². The first-order valence-corrected chi connectivity index (χ1v) is 4.27. The summed E-state index contributed by atoms with van der Waals surface area (Å²) >= 11 is 5.52. The van der Waals surface area contributed by atoms with Crippen LogP contribution in [0.2, 0.25) is 0 Å². The van der Waals surface area contributed by atoms with E-state index in [4.69, 9.17) is 16.3 Å². The van der Waals surface area contributed by atoms with Crippen molar-refractivity contribution in [2.45, 2.75) is 5.88 Å². The van der Waals surface area contributed by atoms with Crippen LogP contribution < -0.4 is 4.74 Å². The van der Waals surface area contributed by atoms with Crippen molar-refractivity contribution in [3.8, 4) is 5.75 Å². The summed E-state index contributed by atoms with van der Waals surface area (Å²) in [4.78, 5) is 0. The van der Waals surface area contributed by atoms with Crippen LogP contribution in [0.5, 0.6) is 5.75 Å². The van der Waals surface area contributed by atoms with Gasteiger partial charge in [0, 0.05) is 13.0 Å². The molecule has 2 nitrogen and oxygen atoms in total. The molecule has 0 atom stereocenters. The lowest BCUT2D eigenvalue weighted by atomic mass is 10.2. The molecule has 1 aromatic rings. The van der Waals surface area contributed by atoms with Crippen LogP contribution in [-0.4, -0.2) is 13.9 Å². The van der Waals surface area contributed by atoms with Gasteiger partial charge >= 0.3 is 0 Å². The second kappa shape index (κ2) is 5.04. The highest BCUT2D eigenvalue weighted by molar-refractivity contribution is 6.17. The Morgan fingerprint density at radius 1 is 1.46 bits per heavy atom. The van der Waals surface area contributed by atoms with Gasteiger partial charge in [0.1, 0.15) is 0 Å². The smallest absolute Gasteiger partial charge is 0.188 e. The number of rotatable bonds is 4. The number of hydrogen-bond donors (Lipinski definition) is 0. The molecule has 0 heterocycles. The summed E-state index contributed by atoms with van der Waals surface area (Å²) in [6, 6.07) is 4.59. The van der Waals surface area contributed by atoms with Gasteiger partial charge in [0.05, 0.1) is 0 Å². The van der Waals surface area contributed by atoms with Crippen molar-refractivity contribution in [2.75, 3.05) is 13.9 Å². The van der Waals surface area contributed by atoms with Crippen LogP contribution in [0.4, 0.5) is 4.39 Å². The normalized spacial score (nSPS) is 10.1. The highest BCUT2D eigenvalue weighted by Crippen LogP contribution is 2.19. The van der Waals surface area contributed by atoms with E-state index in [9.17, 15) is 4.39 Å². The minimum Gasteiger partial charge on any atom is -0.464 e. The number of methoxy groups -OCH3 is 1. The Bertz CT molecular complexity index is 278. The van der Waals surface area contributed by atoms with Crippen molar-refractivity contribution in [1.29, 1.82) is 0 Å². The predicted molar refractivity (Wildman–Crippen MR) is 48.5 cm³/mol. The summed E-state index contributed by atoms with van der Waals surface area (Å²) in [5.41, 5.74) is 0.726. The quantitative estimate of drug-likeness (QED) is 0.554. The molecule has 0 saturated heterocycles. The second-order valence-electron chi connectivity index (χ2n) is 2.45. The molecular formula is C9H10ClFO2.